The second kappa shape index (κ2) is 9.46. The quantitative estimate of drug-likeness (QED) is 0.635. The Kier molecular flexibility index (Phi) is 9.00. The van der Waals surface area contributed by atoms with E-state index >= 15 is 0 Å². The van der Waals surface area contributed by atoms with Gasteiger partial charge < -0.3 is 16.0 Å². The molecule has 0 aliphatic heterocycles. The molecule has 0 radical (unpaired) electrons. The summed E-state index contributed by atoms with van der Waals surface area (Å²) in [6.45, 7) is 9.57. The van der Waals surface area contributed by atoms with Gasteiger partial charge in [-0.2, -0.15) is 0 Å². The Bertz CT molecular complexity index is 179. The molecular formula is C12H27N3O. The van der Waals surface area contributed by atoms with E-state index in [-0.39, 0.29) is 0 Å². The minimum atomic E-state index is -0.424. The van der Waals surface area contributed by atoms with Gasteiger partial charge in [-0.1, -0.05) is 20.8 Å². The van der Waals surface area contributed by atoms with Crippen molar-refractivity contribution in [2.24, 2.45) is 5.73 Å². The van der Waals surface area contributed by atoms with E-state index < -0.39 is 6.03 Å². The Hall–Kier alpha value is -0.770. The number of urea groups is 1. The maximum absolute atomic E-state index is 10.6. The van der Waals surface area contributed by atoms with Gasteiger partial charge in [0.1, 0.15) is 0 Å². The molecule has 4 heteroatoms. The van der Waals surface area contributed by atoms with Crippen molar-refractivity contribution in [3.05, 3.63) is 0 Å². The molecule has 0 heterocycles. The second-order valence-corrected chi connectivity index (χ2v) is 4.18. The zero-order chi connectivity index (χ0) is 12.4. The van der Waals surface area contributed by atoms with Crippen LogP contribution in [0.25, 0.3) is 0 Å². The molecule has 0 spiro atoms. The summed E-state index contributed by atoms with van der Waals surface area (Å²) in [6.07, 6.45) is 4.47. The lowest BCUT2D eigenvalue weighted by Crippen LogP contribution is -2.39. The molecule has 3 N–H and O–H groups in total. The van der Waals surface area contributed by atoms with Crippen LogP contribution in [-0.2, 0) is 0 Å². The normalized spacial score (nSPS) is 12.8. The molecule has 1 atom stereocenters. The standard InChI is InChI=1S/C12H27N3O/c1-4-9-15(10-5-2)11(6-3)7-8-14-12(13)16/h11H,4-10H2,1-3H3,(H3,13,14,16). The van der Waals surface area contributed by atoms with Gasteiger partial charge in [0.25, 0.3) is 0 Å². The van der Waals surface area contributed by atoms with Gasteiger partial charge in [-0.3, -0.25) is 0 Å². The molecule has 0 saturated heterocycles. The van der Waals surface area contributed by atoms with E-state index in [0.29, 0.717) is 12.6 Å². The zero-order valence-electron chi connectivity index (χ0n) is 11.0. The fourth-order valence-electron chi connectivity index (χ4n) is 2.06. The fourth-order valence-corrected chi connectivity index (χ4v) is 2.06. The van der Waals surface area contributed by atoms with E-state index in [2.05, 4.69) is 31.0 Å². The van der Waals surface area contributed by atoms with Crippen LogP contribution < -0.4 is 11.1 Å². The molecule has 96 valence electrons. The number of nitrogens with zero attached hydrogens (tertiary/aromatic N) is 1. The van der Waals surface area contributed by atoms with Crippen molar-refractivity contribution in [1.82, 2.24) is 10.2 Å². The van der Waals surface area contributed by atoms with Crippen molar-refractivity contribution in [3.63, 3.8) is 0 Å². The molecule has 0 aliphatic carbocycles. The summed E-state index contributed by atoms with van der Waals surface area (Å²) >= 11 is 0. The van der Waals surface area contributed by atoms with Crippen LogP contribution in [-0.4, -0.2) is 36.6 Å². The van der Waals surface area contributed by atoms with Crippen molar-refractivity contribution in [2.75, 3.05) is 19.6 Å². The summed E-state index contributed by atoms with van der Waals surface area (Å²) in [6, 6.07) is 0.138. The first-order valence-corrected chi connectivity index (χ1v) is 6.42. The summed E-state index contributed by atoms with van der Waals surface area (Å²) in [5.41, 5.74) is 5.05. The molecule has 0 aromatic carbocycles. The largest absolute Gasteiger partial charge is 0.352 e. The Balaban J connectivity index is 4.03. The highest BCUT2D eigenvalue weighted by molar-refractivity contribution is 5.71. The smallest absolute Gasteiger partial charge is 0.312 e. The second-order valence-electron chi connectivity index (χ2n) is 4.18. The fraction of sp³-hybridized carbons (Fsp3) is 0.917. The molecule has 0 rings (SSSR count). The van der Waals surface area contributed by atoms with E-state index in [9.17, 15) is 4.79 Å². The molecular weight excluding hydrogens is 202 g/mol. The van der Waals surface area contributed by atoms with Crippen LogP contribution in [0.5, 0.6) is 0 Å². The number of nitrogens with two attached hydrogens (primary N) is 1. The molecule has 2 amide bonds. The van der Waals surface area contributed by atoms with Crippen molar-refractivity contribution in [2.45, 2.75) is 52.5 Å². The highest BCUT2D eigenvalue weighted by Crippen LogP contribution is 2.09. The maximum atomic E-state index is 10.6. The highest BCUT2D eigenvalue weighted by Gasteiger charge is 2.14. The molecule has 0 saturated carbocycles. The number of hydrogen-bond donors (Lipinski definition) is 2. The van der Waals surface area contributed by atoms with Crippen LogP contribution >= 0.6 is 0 Å². The summed E-state index contributed by atoms with van der Waals surface area (Å²) in [4.78, 5) is 13.1. The first-order chi connectivity index (χ1) is 7.65. The van der Waals surface area contributed by atoms with Crippen LogP contribution in [0, 0.1) is 0 Å². The molecule has 0 aliphatic rings. The first-order valence-electron chi connectivity index (χ1n) is 6.42. The maximum Gasteiger partial charge on any atom is 0.312 e. The van der Waals surface area contributed by atoms with E-state index in [1.54, 1.807) is 0 Å². The summed E-state index contributed by atoms with van der Waals surface area (Å²) < 4.78 is 0. The molecule has 1 unspecified atom stereocenters. The van der Waals surface area contributed by atoms with Crippen LogP contribution in [0.2, 0.25) is 0 Å². The number of rotatable bonds is 9. The van der Waals surface area contributed by atoms with Gasteiger partial charge in [0, 0.05) is 12.6 Å². The predicted octanol–water partition coefficient (Wildman–Crippen LogP) is 1.95. The number of hydrogen-bond acceptors (Lipinski definition) is 2. The van der Waals surface area contributed by atoms with Gasteiger partial charge in [0.2, 0.25) is 0 Å². The molecule has 0 fully saturated rings. The monoisotopic (exact) mass is 229 g/mol. The number of amides is 2. The van der Waals surface area contributed by atoms with Gasteiger partial charge in [-0.15, -0.1) is 0 Å². The Labute approximate surface area is 99.6 Å². The van der Waals surface area contributed by atoms with Crippen molar-refractivity contribution < 1.29 is 4.79 Å². The van der Waals surface area contributed by atoms with Gasteiger partial charge in [0.15, 0.2) is 0 Å². The number of primary amides is 1. The van der Waals surface area contributed by atoms with Crippen molar-refractivity contribution in [1.29, 1.82) is 0 Å². The zero-order valence-corrected chi connectivity index (χ0v) is 11.0. The molecule has 0 aromatic rings. The topological polar surface area (TPSA) is 58.4 Å². The summed E-state index contributed by atoms with van der Waals surface area (Å²) in [7, 11) is 0. The van der Waals surface area contributed by atoms with Crippen LogP contribution in [0.15, 0.2) is 0 Å². The number of carbonyl (C=O) groups excluding carboxylic acids is 1. The summed E-state index contributed by atoms with van der Waals surface area (Å²) in [5, 5.41) is 2.66. The third kappa shape index (κ3) is 6.67. The molecule has 0 bridgehead atoms. The molecule has 4 nitrogen and oxygen atoms in total. The minimum absolute atomic E-state index is 0.424. The van der Waals surface area contributed by atoms with E-state index in [0.717, 1.165) is 25.9 Å². The minimum Gasteiger partial charge on any atom is -0.352 e. The van der Waals surface area contributed by atoms with Crippen molar-refractivity contribution in [3.8, 4) is 0 Å². The Morgan fingerprint density at radius 2 is 1.81 bits per heavy atom. The SMILES string of the molecule is CCCN(CCC)C(CC)CCNC(N)=O. The Morgan fingerprint density at radius 1 is 1.25 bits per heavy atom. The van der Waals surface area contributed by atoms with E-state index in [4.69, 9.17) is 5.73 Å². The highest BCUT2D eigenvalue weighted by atomic mass is 16.2. The van der Waals surface area contributed by atoms with E-state index in [1.807, 2.05) is 0 Å². The van der Waals surface area contributed by atoms with Crippen molar-refractivity contribution >= 4 is 6.03 Å². The lowest BCUT2D eigenvalue weighted by molar-refractivity contribution is 0.181. The van der Waals surface area contributed by atoms with Crippen LogP contribution in [0.4, 0.5) is 4.79 Å². The predicted molar refractivity (Wildman–Crippen MR) is 68.4 cm³/mol. The van der Waals surface area contributed by atoms with Crippen LogP contribution in [0.1, 0.15) is 46.5 Å². The van der Waals surface area contributed by atoms with Crippen LogP contribution in [0.3, 0.4) is 0 Å². The van der Waals surface area contributed by atoms with Gasteiger partial charge in [-0.05, 0) is 38.8 Å². The number of nitrogens with one attached hydrogen (secondary N) is 1. The van der Waals surface area contributed by atoms with Gasteiger partial charge >= 0.3 is 6.03 Å². The third-order valence-corrected chi connectivity index (χ3v) is 2.79. The first kappa shape index (κ1) is 15.2. The van der Waals surface area contributed by atoms with Gasteiger partial charge in [0.05, 0.1) is 0 Å². The number of carbonyl (C=O) groups is 1. The molecule has 0 aromatic heterocycles. The van der Waals surface area contributed by atoms with Gasteiger partial charge in [-0.25, -0.2) is 4.79 Å². The lowest BCUT2D eigenvalue weighted by atomic mass is 10.1. The third-order valence-electron chi connectivity index (χ3n) is 2.79. The average Bonchev–Trinajstić information content (AvgIpc) is 2.24. The lowest BCUT2D eigenvalue weighted by Gasteiger charge is -2.30. The Morgan fingerprint density at radius 3 is 2.19 bits per heavy atom. The van der Waals surface area contributed by atoms with E-state index in [1.165, 1.54) is 12.8 Å². The molecule has 16 heavy (non-hydrogen) atoms. The average molecular weight is 229 g/mol. The summed E-state index contributed by atoms with van der Waals surface area (Å²) in [5.74, 6) is 0.